The van der Waals surface area contributed by atoms with Crippen molar-refractivity contribution in [2.75, 3.05) is 31.5 Å². The minimum absolute atomic E-state index is 0.610. The molecule has 0 aliphatic heterocycles. The average molecular weight is 299 g/mol. The van der Waals surface area contributed by atoms with Crippen molar-refractivity contribution < 1.29 is 9.90 Å². The lowest BCUT2D eigenvalue weighted by atomic mass is 9.90. The number of hydrogen-bond acceptors (Lipinski definition) is 5. The van der Waals surface area contributed by atoms with E-state index in [2.05, 4.69) is 29.0 Å². The molecule has 0 aromatic carbocycles. The zero-order valence-corrected chi connectivity index (χ0v) is 13.6. The molecule has 0 aliphatic rings. The van der Waals surface area contributed by atoms with Crippen molar-refractivity contribution in [2.24, 2.45) is 0 Å². The fourth-order valence-electron chi connectivity index (χ4n) is 1.82. The molecule has 0 aliphatic carbocycles. The van der Waals surface area contributed by atoms with Gasteiger partial charge in [0.2, 0.25) is 0 Å². The molecular formula is C14H25N3O2S. The summed E-state index contributed by atoms with van der Waals surface area (Å²) >= 11 is 1.46. The van der Waals surface area contributed by atoms with Crippen molar-refractivity contribution in [3.63, 3.8) is 0 Å². The third-order valence-corrected chi connectivity index (χ3v) is 4.17. The van der Waals surface area contributed by atoms with Gasteiger partial charge < -0.3 is 15.3 Å². The number of carboxylic acid groups (broad SMARTS) is 1. The molecule has 0 bridgehead atoms. The highest BCUT2D eigenvalue weighted by atomic mass is 32.1. The van der Waals surface area contributed by atoms with E-state index in [1.54, 1.807) is 13.8 Å². The average Bonchev–Trinajstić information content (AvgIpc) is 2.87. The van der Waals surface area contributed by atoms with Gasteiger partial charge in [0.05, 0.1) is 5.69 Å². The number of rotatable bonds is 9. The maximum Gasteiger partial charge on any atom is 0.315 e. The Kier molecular flexibility index (Phi) is 6.42. The topological polar surface area (TPSA) is 65.5 Å². The summed E-state index contributed by atoms with van der Waals surface area (Å²) in [6, 6.07) is 0. The lowest BCUT2D eigenvalue weighted by Gasteiger charge is -2.19. The minimum atomic E-state index is -0.936. The van der Waals surface area contributed by atoms with E-state index < -0.39 is 11.4 Å². The van der Waals surface area contributed by atoms with Gasteiger partial charge in [-0.05, 0) is 33.4 Å². The molecule has 1 aromatic rings. The normalized spacial score (nSPS) is 11.8. The maximum absolute atomic E-state index is 11.2. The molecule has 0 saturated heterocycles. The predicted octanol–water partition coefficient (Wildman–Crippen LogP) is 2.65. The van der Waals surface area contributed by atoms with Crippen LogP contribution in [0.5, 0.6) is 0 Å². The smallest absolute Gasteiger partial charge is 0.315 e. The molecule has 0 unspecified atom stereocenters. The molecule has 1 heterocycles. The van der Waals surface area contributed by atoms with E-state index in [4.69, 9.17) is 0 Å². The van der Waals surface area contributed by atoms with E-state index in [-0.39, 0.29) is 0 Å². The first-order valence-corrected chi connectivity index (χ1v) is 7.95. The molecule has 1 rings (SSSR count). The van der Waals surface area contributed by atoms with Crippen LogP contribution < -0.4 is 5.32 Å². The summed E-state index contributed by atoms with van der Waals surface area (Å²) in [6.07, 6.45) is 1.15. The van der Waals surface area contributed by atoms with Crippen LogP contribution in [-0.2, 0) is 10.2 Å². The number of hydrogen-bond donors (Lipinski definition) is 2. The molecule has 0 saturated carbocycles. The van der Waals surface area contributed by atoms with Gasteiger partial charge in [-0.2, -0.15) is 0 Å². The Bertz CT molecular complexity index is 432. The van der Waals surface area contributed by atoms with Crippen LogP contribution in [0.2, 0.25) is 0 Å². The minimum Gasteiger partial charge on any atom is -0.481 e. The number of anilines is 1. The number of aromatic nitrogens is 1. The quantitative estimate of drug-likeness (QED) is 0.734. The fraction of sp³-hybridized carbons (Fsp3) is 0.714. The van der Waals surface area contributed by atoms with E-state index in [1.807, 2.05) is 5.38 Å². The molecule has 6 heteroatoms. The monoisotopic (exact) mass is 299 g/mol. The zero-order valence-electron chi connectivity index (χ0n) is 12.8. The molecule has 0 radical (unpaired) electrons. The number of carbonyl (C=O) groups is 1. The Morgan fingerprint density at radius 3 is 2.70 bits per heavy atom. The lowest BCUT2D eigenvalue weighted by molar-refractivity contribution is -0.142. The molecule has 0 fully saturated rings. The maximum atomic E-state index is 11.2. The van der Waals surface area contributed by atoms with Gasteiger partial charge in [0.1, 0.15) is 5.41 Å². The van der Waals surface area contributed by atoms with E-state index in [9.17, 15) is 9.90 Å². The first-order chi connectivity index (χ1) is 9.41. The SMILES string of the molecule is CCCN(CC)CCNc1nc(C(C)(C)C(=O)O)cs1. The Morgan fingerprint density at radius 1 is 1.45 bits per heavy atom. The van der Waals surface area contributed by atoms with E-state index in [0.717, 1.165) is 37.7 Å². The zero-order chi connectivity index (χ0) is 15.2. The summed E-state index contributed by atoms with van der Waals surface area (Å²) < 4.78 is 0. The largest absolute Gasteiger partial charge is 0.481 e. The molecule has 0 spiro atoms. The first kappa shape index (κ1) is 16.9. The summed E-state index contributed by atoms with van der Waals surface area (Å²) in [7, 11) is 0. The van der Waals surface area contributed by atoms with Gasteiger partial charge in [-0.3, -0.25) is 4.79 Å². The number of thiazole rings is 1. The molecule has 20 heavy (non-hydrogen) atoms. The van der Waals surface area contributed by atoms with Crippen LogP contribution in [-0.4, -0.2) is 47.1 Å². The summed E-state index contributed by atoms with van der Waals surface area (Å²) in [5.74, 6) is -0.852. The Balaban J connectivity index is 2.51. The highest BCUT2D eigenvalue weighted by Crippen LogP contribution is 2.27. The van der Waals surface area contributed by atoms with Gasteiger partial charge >= 0.3 is 5.97 Å². The Hall–Kier alpha value is -1.14. The number of aliphatic carboxylic acids is 1. The number of nitrogens with one attached hydrogen (secondary N) is 1. The predicted molar refractivity (Wildman–Crippen MR) is 83.7 cm³/mol. The van der Waals surface area contributed by atoms with Crippen LogP contribution >= 0.6 is 11.3 Å². The second kappa shape index (κ2) is 7.59. The molecule has 114 valence electrons. The first-order valence-electron chi connectivity index (χ1n) is 7.07. The standard InChI is InChI=1S/C14H25N3O2S/c1-5-8-17(6-2)9-7-15-13-16-11(10-20-13)14(3,4)12(18)19/h10H,5-9H2,1-4H3,(H,15,16)(H,18,19). The third-order valence-electron chi connectivity index (χ3n) is 3.37. The van der Waals surface area contributed by atoms with Gasteiger partial charge in [0.15, 0.2) is 5.13 Å². The molecule has 0 amide bonds. The lowest BCUT2D eigenvalue weighted by Crippen LogP contribution is -2.30. The van der Waals surface area contributed by atoms with Crippen molar-refractivity contribution in [1.29, 1.82) is 0 Å². The van der Waals surface area contributed by atoms with Crippen LogP contribution in [0.15, 0.2) is 5.38 Å². The van der Waals surface area contributed by atoms with Crippen molar-refractivity contribution in [3.8, 4) is 0 Å². The molecule has 0 atom stereocenters. The van der Waals surface area contributed by atoms with Gasteiger partial charge in [0, 0.05) is 18.5 Å². The van der Waals surface area contributed by atoms with E-state index >= 15 is 0 Å². The summed E-state index contributed by atoms with van der Waals surface area (Å²) in [6.45, 7) is 11.6. The van der Waals surface area contributed by atoms with Crippen LogP contribution in [0.4, 0.5) is 5.13 Å². The van der Waals surface area contributed by atoms with Gasteiger partial charge in [0.25, 0.3) is 0 Å². The number of carboxylic acids is 1. The Labute approximate surface area is 125 Å². The third kappa shape index (κ3) is 4.45. The molecule has 5 nitrogen and oxygen atoms in total. The summed E-state index contributed by atoms with van der Waals surface area (Å²) in [4.78, 5) is 17.9. The van der Waals surface area contributed by atoms with Gasteiger partial charge in [-0.25, -0.2) is 4.98 Å². The van der Waals surface area contributed by atoms with Crippen LogP contribution in [0, 0.1) is 0 Å². The van der Waals surface area contributed by atoms with Crippen molar-refractivity contribution in [1.82, 2.24) is 9.88 Å². The highest BCUT2D eigenvalue weighted by Gasteiger charge is 2.32. The number of nitrogens with zero attached hydrogens (tertiary/aromatic N) is 2. The highest BCUT2D eigenvalue weighted by molar-refractivity contribution is 7.13. The van der Waals surface area contributed by atoms with Gasteiger partial charge in [-0.15, -0.1) is 11.3 Å². The van der Waals surface area contributed by atoms with Crippen molar-refractivity contribution >= 4 is 22.4 Å². The Morgan fingerprint density at radius 2 is 2.15 bits per heavy atom. The summed E-state index contributed by atoms with van der Waals surface area (Å²) in [5, 5.41) is 15.1. The van der Waals surface area contributed by atoms with Crippen LogP contribution in [0.3, 0.4) is 0 Å². The molecular weight excluding hydrogens is 274 g/mol. The number of likely N-dealkylation sites (N-methyl/N-ethyl adjacent to an activating group) is 1. The second-order valence-electron chi connectivity index (χ2n) is 5.33. The van der Waals surface area contributed by atoms with Crippen molar-refractivity contribution in [3.05, 3.63) is 11.1 Å². The van der Waals surface area contributed by atoms with Crippen molar-refractivity contribution in [2.45, 2.75) is 39.5 Å². The fourth-order valence-corrected chi connectivity index (χ4v) is 2.72. The molecule has 2 N–H and O–H groups in total. The molecule has 1 aromatic heterocycles. The van der Waals surface area contributed by atoms with E-state index in [0.29, 0.717) is 5.69 Å². The van der Waals surface area contributed by atoms with Crippen LogP contribution in [0.1, 0.15) is 39.8 Å². The second-order valence-corrected chi connectivity index (χ2v) is 6.19. The van der Waals surface area contributed by atoms with E-state index in [1.165, 1.54) is 11.3 Å². The van der Waals surface area contributed by atoms with Crippen LogP contribution in [0.25, 0.3) is 0 Å². The van der Waals surface area contributed by atoms with Gasteiger partial charge in [-0.1, -0.05) is 13.8 Å². The summed E-state index contributed by atoms with van der Waals surface area (Å²) in [5.41, 5.74) is -0.327.